The third kappa shape index (κ3) is 20.7. The zero-order valence-electron chi connectivity index (χ0n) is 41.5. The van der Waals surface area contributed by atoms with E-state index in [1.807, 2.05) is 18.2 Å². The number of fused-ring (bicyclic) bond motifs is 1. The van der Waals surface area contributed by atoms with Crippen molar-refractivity contribution in [2.75, 3.05) is 19.6 Å². The van der Waals surface area contributed by atoms with Gasteiger partial charge in [-0.25, -0.2) is 8.78 Å². The summed E-state index contributed by atoms with van der Waals surface area (Å²) in [4.78, 5) is 112. The number of benzene rings is 3. The van der Waals surface area contributed by atoms with Gasteiger partial charge in [-0.2, -0.15) is 0 Å². The predicted octanol–water partition coefficient (Wildman–Crippen LogP) is -1.95. The fourth-order valence-corrected chi connectivity index (χ4v) is 7.80. The van der Waals surface area contributed by atoms with Crippen LogP contribution in [-0.2, 0) is 52.8 Å². The summed E-state index contributed by atoms with van der Waals surface area (Å²) in [5, 5.41) is 16.6. The molecule has 7 amide bonds. The van der Waals surface area contributed by atoms with Gasteiger partial charge in [0.05, 0.1) is 0 Å². The molecule has 404 valence electrons. The lowest BCUT2D eigenvalue weighted by atomic mass is 10.0. The van der Waals surface area contributed by atoms with Gasteiger partial charge in [-0.3, -0.25) is 48.5 Å². The van der Waals surface area contributed by atoms with Crippen LogP contribution >= 0.6 is 0 Å². The number of para-hydroxylation sites is 1. The fourth-order valence-electron chi connectivity index (χ4n) is 7.80. The van der Waals surface area contributed by atoms with E-state index in [1.165, 1.54) is 31.2 Å². The standard InChI is InChI=1S/C49H67F2N17O7/c1-27(69)63-36(10-5-21-60-48(55)56)42(71)66-39(24-29-14-18-32(51)19-15-29)45(74)67-38(23-28-12-16-31(50)17-13-28)44(73)65-37(11-6-22-61-49(57)58)43(72)68-40(25-30-26-62-34-8-3-2-7-33(30)34)46(75)64-35(41(52)70)9-4-20-59-47(53)54/h2-3,7-8,12-19,26,35-40,62H,4-6,9-11,20-25H2,1H3,(H2,52,70)(H,63,69)(H,64,75)(H,65,73)(H,66,71)(H,67,74)(H,68,72)(H4,53,54,59)(H4,55,56,60)(H4,57,58,61)/t35-,36-,37-,38-,39-,40-/m0/s1. The molecule has 6 atom stereocenters. The van der Waals surface area contributed by atoms with Crippen LogP contribution in [0.3, 0.4) is 0 Å². The molecule has 0 unspecified atom stereocenters. The summed E-state index contributed by atoms with van der Waals surface area (Å²) in [6, 6.07) is 9.17. The average Bonchev–Trinajstić information content (AvgIpc) is 3.76. The maximum absolute atomic E-state index is 14.7. The highest BCUT2D eigenvalue weighted by Gasteiger charge is 2.34. The normalized spacial score (nSPS) is 13.3. The number of H-pyrrole nitrogens is 1. The molecule has 1 heterocycles. The van der Waals surface area contributed by atoms with Crippen LogP contribution in [0, 0.1) is 11.6 Å². The summed E-state index contributed by atoms with van der Waals surface area (Å²) >= 11 is 0. The van der Waals surface area contributed by atoms with Gasteiger partial charge in [0.25, 0.3) is 0 Å². The van der Waals surface area contributed by atoms with Gasteiger partial charge >= 0.3 is 0 Å². The second-order valence-corrected chi connectivity index (χ2v) is 17.5. The fraction of sp³-hybridized carbons (Fsp3) is 0.388. The minimum absolute atomic E-state index is 0.00958. The third-order valence-electron chi connectivity index (χ3n) is 11.5. The molecule has 0 saturated carbocycles. The van der Waals surface area contributed by atoms with E-state index >= 15 is 0 Å². The number of rotatable bonds is 30. The lowest BCUT2D eigenvalue weighted by Gasteiger charge is -2.28. The van der Waals surface area contributed by atoms with Gasteiger partial charge in [0.1, 0.15) is 47.9 Å². The van der Waals surface area contributed by atoms with E-state index in [2.05, 4.69) is 51.9 Å². The van der Waals surface area contributed by atoms with E-state index in [1.54, 1.807) is 12.3 Å². The Morgan fingerprint density at radius 3 is 1.25 bits per heavy atom. The quantitative estimate of drug-likeness (QED) is 0.0154. The lowest BCUT2D eigenvalue weighted by Crippen LogP contribution is -2.60. The molecule has 26 heteroatoms. The van der Waals surface area contributed by atoms with E-state index in [9.17, 15) is 42.3 Å². The van der Waals surface area contributed by atoms with E-state index < -0.39 is 89.2 Å². The van der Waals surface area contributed by atoms with Crippen molar-refractivity contribution < 1.29 is 42.3 Å². The molecule has 0 fully saturated rings. The number of carbonyl (C=O) groups excluding carboxylic acids is 7. The van der Waals surface area contributed by atoms with Crippen molar-refractivity contribution >= 4 is 70.1 Å². The van der Waals surface area contributed by atoms with Crippen molar-refractivity contribution in [3.05, 3.63) is 107 Å². The first-order valence-corrected chi connectivity index (χ1v) is 24.0. The number of nitrogens with one attached hydrogen (secondary N) is 7. The van der Waals surface area contributed by atoms with Crippen LogP contribution in [-0.4, -0.2) is 120 Å². The number of primary amides is 1. The Kier molecular flexibility index (Phi) is 23.2. The molecule has 4 rings (SSSR count). The second-order valence-electron chi connectivity index (χ2n) is 17.5. The van der Waals surface area contributed by atoms with Crippen LogP contribution in [0.2, 0.25) is 0 Å². The SMILES string of the molecule is CC(=O)N[C@@H](CCCN=C(N)N)C(=O)N[C@@H](Cc1ccc(F)cc1)C(=O)N[C@@H](Cc1ccc(F)cc1)C(=O)N[C@@H](CCCN=C(N)N)C(=O)N[C@@H](Cc1c[nH]c2ccccc12)C(=O)N[C@@H](CCCN=C(N)N)C(N)=O. The van der Waals surface area contributed by atoms with Crippen molar-refractivity contribution in [1.29, 1.82) is 0 Å². The first kappa shape index (κ1) is 58.7. The zero-order valence-corrected chi connectivity index (χ0v) is 41.5. The Labute approximate surface area is 431 Å². The van der Waals surface area contributed by atoms with Crippen LogP contribution in [0.1, 0.15) is 62.1 Å². The minimum atomic E-state index is -1.53. The Balaban J connectivity index is 1.70. The molecule has 3 aromatic carbocycles. The van der Waals surface area contributed by atoms with E-state index in [0.717, 1.165) is 35.2 Å². The molecule has 0 saturated heterocycles. The molecule has 0 aliphatic carbocycles. The smallest absolute Gasteiger partial charge is 0.243 e. The predicted molar refractivity (Wildman–Crippen MR) is 278 cm³/mol. The van der Waals surface area contributed by atoms with Crippen LogP contribution < -0.4 is 72.0 Å². The van der Waals surface area contributed by atoms with Crippen molar-refractivity contribution in [3.63, 3.8) is 0 Å². The number of guanidine groups is 3. The summed E-state index contributed by atoms with van der Waals surface area (Å²) in [6.45, 7) is 1.46. The summed E-state index contributed by atoms with van der Waals surface area (Å²) in [5.74, 6) is -7.45. The largest absolute Gasteiger partial charge is 0.370 e. The van der Waals surface area contributed by atoms with Crippen LogP contribution in [0.25, 0.3) is 10.9 Å². The van der Waals surface area contributed by atoms with Gasteiger partial charge in [-0.1, -0.05) is 42.5 Å². The molecule has 75 heavy (non-hydrogen) atoms. The Bertz CT molecular complexity index is 2670. The molecular formula is C49H67F2N17O7. The first-order valence-electron chi connectivity index (χ1n) is 24.0. The number of nitrogens with zero attached hydrogens (tertiary/aromatic N) is 3. The zero-order chi connectivity index (χ0) is 55.0. The van der Waals surface area contributed by atoms with Gasteiger partial charge in [-0.05, 0) is 85.5 Å². The van der Waals surface area contributed by atoms with E-state index in [-0.39, 0.29) is 95.3 Å². The molecule has 0 aliphatic rings. The molecule has 0 aliphatic heterocycles. The molecule has 0 spiro atoms. The maximum Gasteiger partial charge on any atom is 0.243 e. The summed E-state index contributed by atoms with van der Waals surface area (Å²) in [6.07, 6.45) is 1.62. The monoisotopic (exact) mass is 1040 g/mol. The highest BCUT2D eigenvalue weighted by atomic mass is 19.1. The van der Waals surface area contributed by atoms with Gasteiger partial charge in [0.15, 0.2) is 17.9 Å². The first-order chi connectivity index (χ1) is 35.7. The number of hydrogen-bond donors (Lipinski definition) is 14. The molecule has 0 radical (unpaired) electrons. The number of carbonyl (C=O) groups is 7. The average molecular weight is 1040 g/mol. The van der Waals surface area contributed by atoms with Gasteiger partial charge < -0.3 is 77.0 Å². The number of halogens is 2. The van der Waals surface area contributed by atoms with Gasteiger partial charge in [-0.15, -0.1) is 0 Å². The maximum atomic E-state index is 14.7. The van der Waals surface area contributed by atoms with E-state index in [4.69, 9.17) is 40.1 Å². The molecule has 21 N–H and O–H groups in total. The van der Waals surface area contributed by atoms with Crippen LogP contribution in [0.5, 0.6) is 0 Å². The Hall–Kier alpha value is -8.84. The summed E-state index contributed by atoms with van der Waals surface area (Å²) in [5.41, 5.74) is 40.7. The van der Waals surface area contributed by atoms with E-state index in [0.29, 0.717) is 16.7 Å². The lowest BCUT2D eigenvalue weighted by molar-refractivity contribution is -0.135. The molecule has 4 aromatic rings. The molecule has 0 bridgehead atoms. The highest BCUT2D eigenvalue weighted by Crippen LogP contribution is 2.20. The van der Waals surface area contributed by atoms with Gasteiger partial charge in [0, 0.05) is 62.9 Å². The summed E-state index contributed by atoms with van der Waals surface area (Å²) in [7, 11) is 0. The van der Waals surface area contributed by atoms with Crippen molar-refractivity contribution in [1.82, 2.24) is 36.9 Å². The van der Waals surface area contributed by atoms with Crippen molar-refractivity contribution in [3.8, 4) is 0 Å². The number of aliphatic imine (C=N–C) groups is 3. The second kappa shape index (κ2) is 29.6. The topological polar surface area (TPSA) is 427 Å². The molecule has 1 aromatic heterocycles. The number of aromatic amines is 1. The number of nitrogens with two attached hydrogens (primary N) is 7. The number of amides is 7. The minimum Gasteiger partial charge on any atom is -0.370 e. The highest BCUT2D eigenvalue weighted by molar-refractivity contribution is 5.97. The Morgan fingerprint density at radius 2 is 0.840 bits per heavy atom. The molecule has 24 nitrogen and oxygen atoms in total. The van der Waals surface area contributed by atoms with Crippen molar-refractivity contribution in [2.24, 2.45) is 55.1 Å². The Morgan fingerprint density at radius 1 is 0.480 bits per heavy atom. The number of aromatic nitrogens is 1. The van der Waals surface area contributed by atoms with Crippen molar-refractivity contribution in [2.45, 2.75) is 101 Å². The third-order valence-corrected chi connectivity index (χ3v) is 11.5. The summed E-state index contributed by atoms with van der Waals surface area (Å²) < 4.78 is 28.2. The number of hydrogen-bond acceptors (Lipinski definition) is 10. The van der Waals surface area contributed by atoms with Crippen LogP contribution in [0.15, 0.2) is 94.0 Å². The van der Waals surface area contributed by atoms with Crippen LogP contribution in [0.4, 0.5) is 8.78 Å². The van der Waals surface area contributed by atoms with Gasteiger partial charge in [0.2, 0.25) is 41.4 Å². The molecular weight excluding hydrogens is 977 g/mol.